The summed E-state index contributed by atoms with van der Waals surface area (Å²) in [5.41, 5.74) is 3.79. The van der Waals surface area contributed by atoms with Gasteiger partial charge in [-0.05, 0) is 57.2 Å². The van der Waals surface area contributed by atoms with Gasteiger partial charge in [-0.25, -0.2) is 0 Å². The Morgan fingerprint density at radius 3 is 2.93 bits per heavy atom. The summed E-state index contributed by atoms with van der Waals surface area (Å²) >= 11 is 1.58. The maximum absolute atomic E-state index is 12.8. The zero-order chi connectivity index (χ0) is 19.0. The van der Waals surface area contributed by atoms with Crippen LogP contribution in [-0.4, -0.2) is 24.5 Å². The summed E-state index contributed by atoms with van der Waals surface area (Å²) in [5, 5.41) is 16.8. The van der Waals surface area contributed by atoms with Gasteiger partial charge in [0.15, 0.2) is 0 Å². The van der Waals surface area contributed by atoms with Crippen LogP contribution < -0.4 is 15.5 Å². The number of nitrogens with zero attached hydrogens (tertiary/aromatic N) is 2. The second kappa shape index (κ2) is 6.90. The van der Waals surface area contributed by atoms with E-state index in [9.17, 15) is 10.1 Å². The van der Waals surface area contributed by atoms with Crippen LogP contribution in [-0.2, 0) is 17.6 Å². The lowest BCUT2D eigenvalue weighted by Gasteiger charge is -2.41. The molecule has 0 spiro atoms. The molecule has 0 bridgehead atoms. The van der Waals surface area contributed by atoms with Crippen molar-refractivity contribution in [1.82, 2.24) is 0 Å². The molecule has 1 aliphatic heterocycles. The van der Waals surface area contributed by atoms with E-state index in [1.54, 1.807) is 11.3 Å². The molecule has 27 heavy (non-hydrogen) atoms. The molecule has 0 unspecified atom stereocenters. The zero-order valence-electron chi connectivity index (χ0n) is 15.8. The van der Waals surface area contributed by atoms with E-state index in [0.717, 1.165) is 47.7 Å². The molecule has 0 saturated carbocycles. The van der Waals surface area contributed by atoms with Crippen LogP contribution in [0.4, 0.5) is 16.4 Å². The molecule has 6 heteroatoms. The van der Waals surface area contributed by atoms with Crippen molar-refractivity contribution in [3.05, 3.63) is 40.3 Å². The standard InChI is InChI=1S/C21H24N4OS/c1-21(2)13-25(17-9-5-4-8-16(17)24-21)12-19(26)23-20-15(11-22)14-7-3-6-10-18(14)27-20/h4-5,8-9,24H,3,6-7,10,12-13H2,1-2H3,(H,23,26). The topological polar surface area (TPSA) is 68.2 Å². The van der Waals surface area contributed by atoms with Crippen molar-refractivity contribution in [1.29, 1.82) is 5.26 Å². The number of hydrogen-bond donors (Lipinski definition) is 2. The lowest BCUT2D eigenvalue weighted by molar-refractivity contribution is -0.115. The molecule has 2 N–H and O–H groups in total. The van der Waals surface area contributed by atoms with E-state index in [0.29, 0.717) is 5.56 Å². The Morgan fingerprint density at radius 1 is 1.33 bits per heavy atom. The quantitative estimate of drug-likeness (QED) is 0.839. The van der Waals surface area contributed by atoms with E-state index in [2.05, 4.69) is 35.5 Å². The molecule has 1 aromatic carbocycles. The van der Waals surface area contributed by atoms with Gasteiger partial charge in [0.2, 0.25) is 5.91 Å². The number of nitrogens with one attached hydrogen (secondary N) is 2. The fourth-order valence-electron chi connectivity index (χ4n) is 4.07. The monoisotopic (exact) mass is 380 g/mol. The third-order valence-corrected chi connectivity index (χ3v) is 6.38. The van der Waals surface area contributed by atoms with E-state index in [4.69, 9.17) is 0 Å². The third kappa shape index (κ3) is 3.52. The summed E-state index contributed by atoms with van der Waals surface area (Å²) in [5.74, 6) is -0.0717. The second-order valence-electron chi connectivity index (χ2n) is 7.96. The van der Waals surface area contributed by atoms with Crippen molar-refractivity contribution in [2.75, 3.05) is 28.6 Å². The molecule has 2 aromatic rings. The fourth-order valence-corrected chi connectivity index (χ4v) is 5.33. The van der Waals surface area contributed by atoms with E-state index in [1.807, 2.05) is 24.3 Å². The first-order valence-electron chi connectivity index (χ1n) is 9.43. The molecule has 4 rings (SSSR count). The first-order valence-corrected chi connectivity index (χ1v) is 10.3. The first-order chi connectivity index (χ1) is 13.0. The van der Waals surface area contributed by atoms with Crippen molar-refractivity contribution in [3.63, 3.8) is 0 Å². The van der Waals surface area contributed by atoms with Gasteiger partial charge in [-0.3, -0.25) is 4.79 Å². The van der Waals surface area contributed by atoms with Gasteiger partial charge in [-0.15, -0.1) is 11.3 Å². The number of fused-ring (bicyclic) bond motifs is 2. The Hall–Kier alpha value is -2.52. The number of rotatable bonds is 3. The summed E-state index contributed by atoms with van der Waals surface area (Å²) in [7, 11) is 0. The van der Waals surface area contributed by atoms with Crippen molar-refractivity contribution in [2.45, 2.75) is 45.1 Å². The maximum atomic E-state index is 12.8. The smallest absolute Gasteiger partial charge is 0.244 e. The number of nitriles is 1. The highest BCUT2D eigenvalue weighted by Gasteiger charge is 2.30. The van der Waals surface area contributed by atoms with Gasteiger partial charge < -0.3 is 15.5 Å². The van der Waals surface area contributed by atoms with Crippen LogP contribution in [0.15, 0.2) is 24.3 Å². The van der Waals surface area contributed by atoms with Crippen molar-refractivity contribution in [2.24, 2.45) is 0 Å². The van der Waals surface area contributed by atoms with Crippen LogP contribution in [0, 0.1) is 11.3 Å². The molecule has 0 radical (unpaired) electrons. The highest BCUT2D eigenvalue weighted by Crippen LogP contribution is 2.38. The highest BCUT2D eigenvalue weighted by molar-refractivity contribution is 7.16. The zero-order valence-corrected chi connectivity index (χ0v) is 16.6. The van der Waals surface area contributed by atoms with Gasteiger partial charge in [0.1, 0.15) is 11.1 Å². The minimum Gasteiger partial charge on any atom is -0.377 e. The Kier molecular flexibility index (Phi) is 4.56. The normalized spacial score (nSPS) is 17.3. The summed E-state index contributed by atoms with van der Waals surface area (Å²) in [4.78, 5) is 16.2. The number of aryl methyl sites for hydroxylation is 1. The van der Waals surface area contributed by atoms with Gasteiger partial charge in [0.25, 0.3) is 0 Å². The minimum atomic E-state index is -0.117. The molecule has 2 aliphatic rings. The van der Waals surface area contributed by atoms with Crippen LogP contribution in [0.25, 0.3) is 0 Å². The lowest BCUT2D eigenvalue weighted by atomic mass is 9.96. The molecular weight excluding hydrogens is 356 g/mol. The molecule has 5 nitrogen and oxygen atoms in total. The van der Waals surface area contributed by atoms with Gasteiger partial charge in [-0.1, -0.05) is 12.1 Å². The maximum Gasteiger partial charge on any atom is 0.244 e. The SMILES string of the molecule is CC1(C)CN(CC(=O)Nc2sc3c(c2C#N)CCCC3)c2ccccc2N1. The first kappa shape index (κ1) is 17.9. The Bertz CT molecular complexity index is 925. The molecule has 1 amide bonds. The third-order valence-electron chi connectivity index (χ3n) is 5.17. The molecule has 140 valence electrons. The summed E-state index contributed by atoms with van der Waals surface area (Å²) in [6, 6.07) is 10.4. The van der Waals surface area contributed by atoms with Crippen LogP contribution in [0.1, 0.15) is 42.7 Å². The number of anilines is 3. The molecule has 2 heterocycles. The minimum absolute atomic E-state index is 0.0717. The van der Waals surface area contributed by atoms with E-state index < -0.39 is 0 Å². The lowest BCUT2D eigenvalue weighted by Crippen LogP contribution is -2.50. The van der Waals surface area contributed by atoms with Crippen molar-refractivity contribution >= 4 is 33.6 Å². The van der Waals surface area contributed by atoms with Gasteiger partial charge in [0, 0.05) is 17.0 Å². The predicted molar refractivity (Wildman–Crippen MR) is 111 cm³/mol. The van der Waals surface area contributed by atoms with Crippen LogP contribution in [0.5, 0.6) is 0 Å². The Morgan fingerprint density at radius 2 is 2.11 bits per heavy atom. The fraction of sp³-hybridized carbons (Fsp3) is 0.429. The molecule has 0 saturated heterocycles. The second-order valence-corrected chi connectivity index (χ2v) is 9.06. The molecule has 0 fully saturated rings. The summed E-state index contributed by atoms with van der Waals surface area (Å²) < 4.78 is 0. The average molecular weight is 381 g/mol. The van der Waals surface area contributed by atoms with Gasteiger partial charge >= 0.3 is 0 Å². The molecule has 1 aliphatic carbocycles. The molecule has 1 aromatic heterocycles. The molecule has 0 atom stereocenters. The number of hydrogen-bond acceptors (Lipinski definition) is 5. The number of carbonyl (C=O) groups is 1. The number of benzene rings is 1. The largest absolute Gasteiger partial charge is 0.377 e. The van der Waals surface area contributed by atoms with Crippen LogP contribution in [0.2, 0.25) is 0 Å². The number of carbonyl (C=O) groups excluding carboxylic acids is 1. The Labute approximate surface area is 164 Å². The number of amides is 1. The number of thiophene rings is 1. The average Bonchev–Trinajstić information content (AvgIpc) is 2.97. The summed E-state index contributed by atoms with van der Waals surface area (Å²) in [6.07, 6.45) is 4.25. The van der Waals surface area contributed by atoms with Crippen molar-refractivity contribution in [3.8, 4) is 6.07 Å². The summed E-state index contributed by atoms with van der Waals surface area (Å²) in [6.45, 7) is 5.28. The van der Waals surface area contributed by atoms with Crippen molar-refractivity contribution < 1.29 is 4.79 Å². The van der Waals surface area contributed by atoms with Crippen LogP contribution in [0.3, 0.4) is 0 Å². The predicted octanol–water partition coefficient (Wildman–Crippen LogP) is 4.15. The van der Waals surface area contributed by atoms with E-state index in [1.165, 1.54) is 11.3 Å². The number of para-hydroxylation sites is 2. The van der Waals surface area contributed by atoms with E-state index in [-0.39, 0.29) is 18.0 Å². The Balaban J connectivity index is 1.54. The van der Waals surface area contributed by atoms with E-state index >= 15 is 0 Å². The van der Waals surface area contributed by atoms with Gasteiger partial charge in [-0.2, -0.15) is 5.26 Å². The highest BCUT2D eigenvalue weighted by atomic mass is 32.1. The van der Waals surface area contributed by atoms with Crippen LogP contribution >= 0.6 is 11.3 Å². The molecular formula is C21H24N4OS. The van der Waals surface area contributed by atoms with Gasteiger partial charge in [0.05, 0.1) is 23.5 Å².